The Kier molecular flexibility index (Phi) is 6.27. The summed E-state index contributed by atoms with van der Waals surface area (Å²) < 4.78 is 40.2. The molecule has 1 atom stereocenters. The Morgan fingerprint density at radius 3 is 2.68 bits per heavy atom. The number of hydrogen-bond acceptors (Lipinski definition) is 3. The van der Waals surface area contributed by atoms with E-state index in [0.717, 1.165) is 11.1 Å². The number of nitrogens with two attached hydrogens (primary N) is 1. The van der Waals surface area contributed by atoms with Crippen molar-refractivity contribution in [1.29, 1.82) is 0 Å². The summed E-state index contributed by atoms with van der Waals surface area (Å²) in [7, 11) is 0. The molecule has 0 aliphatic heterocycles. The Bertz CT molecular complexity index is 382. The highest BCUT2D eigenvalue weighted by Crippen LogP contribution is 2.15. The fourth-order valence-corrected chi connectivity index (χ4v) is 1.78. The molecule has 0 aromatic heterocycles. The second-order valence-electron chi connectivity index (χ2n) is 4.51. The molecule has 0 bridgehead atoms. The lowest BCUT2D eigenvalue weighted by molar-refractivity contribution is -0.174. The Balaban J connectivity index is 2.34. The topological polar surface area (TPSA) is 47.3 Å². The van der Waals surface area contributed by atoms with Gasteiger partial charge in [0.05, 0.1) is 0 Å². The lowest BCUT2D eigenvalue weighted by Crippen LogP contribution is -2.37. The predicted molar refractivity (Wildman–Crippen MR) is 67.5 cm³/mol. The number of hydrogen-bond donors (Lipinski definition) is 2. The number of benzene rings is 1. The van der Waals surface area contributed by atoms with Crippen molar-refractivity contribution in [3.05, 3.63) is 35.4 Å². The Hall–Kier alpha value is -1.11. The minimum absolute atomic E-state index is 0.0280. The number of aryl methyl sites for hydroxylation is 1. The lowest BCUT2D eigenvalue weighted by atomic mass is 10.0. The van der Waals surface area contributed by atoms with Crippen molar-refractivity contribution in [3.8, 4) is 0 Å². The Morgan fingerprint density at radius 1 is 1.37 bits per heavy atom. The standard InChI is InChI=1S/C13H19F3N2O/c1-10-3-2-4-11(7-10)8-12(18-17)5-6-19-9-13(14,15)16/h2-4,7,12,18H,5-6,8-9,17H2,1H3. The molecule has 0 amide bonds. The zero-order valence-corrected chi connectivity index (χ0v) is 10.8. The molecule has 0 fully saturated rings. The highest BCUT2D eigenvalue weighted by molar-refractivity contribution is 5.22. The third-order valence-corrected chi connectivity index (χ3v) is 2.68. The summed E-state index contributed by atoms with van der Waals surface area (Å²) in [5.74, 6) is 5.40. The van der Waals surface area contributed by atoms with Gasteiger partial charge in [-0.2, -0.15) is 13.2 Å². The van der Waals surface area contributed by atoms with Crippen LogP contribution in [0.2, 0.25) is 0 Å². The van der Waals surface area contributed by atoms with Crippen LogP contribution in [-0.4, -0.2) is 25.4 Å². The van der Waals surface area contributed by atoms with E-state index in [2.05, 4.69) is 10.2 Å². The van der Waals surface area contributed by atoms with Crippen molar-refractivity contribution in [1.82, 2.24) is 5.43 Å². The monoisotopic (exact) mass is 276 g/mol. The largest absolute Gasteiger partial charge is 0.411 e. The number of halogens is 3. The first-order valence-electron chi connectivity index (χ1n) is 6.07. The molecule has 3 nitrogen and oxygen atoms in total. The van der Waals surface area contributed by atoms with Gasteiger partial charge >= 0.3 is 6.18 Å². The summed E-state index contributed by atoms with van der Waals surface area (Å²) >= 11 is 0. The molecule has 108 valence electrons. The first-order chi connectivity index (χ1) is 8.90. The molecule has 3 N–H and O–H groups in total. The molecule has 0 spiro atoms. The van der Waals surface area contributed by atoms with Crippen LogP contribution in [0.1, 0.15) is 17.5 Å². The van der Waals surface area contributed by atoms with E-state index in [1.807, 2.05) is 31.2 Å². The molecule has 1 aromatic rings. The van der Waals surface area contributed by atoms with Gasteiger partial charge in [0, 0.05) is 12.6 Å². The number of rotatable bonds is 7. The van der Waals surface area contributed by atoms with E-state index in [-0.39, 0.29) is 12.6 Å². The number of nitrogens with one attached hydrogen (secondary N) is 1. The van der Waals surface area contributed by atoms with Crippen LogP contribution in [-0.2, 0) is 11.2 Å². The first kappa shape index (κ1) is 15.9. The molecule has 1 rings (SSSR count). The molecule has 0 aliphatic rings. The number of alkyl halides is 3. The molecule has 0 saturated heterocycles. The van der Waals surface area contributed by atoms with Crippen LogP contribution in [0.3, 0.4) is 0 Å². The van der Waals surface area contributed by atoms with E-state index in [9.17, 15) is 13.2 Å². The SMILES string of the molecule is Cc1cccc(CC(CCOCC(F)(F)F)NN)c1. The molecule has 6 heteroatoms. The highest BCUT2D eigenvalue weighted by Gasteiger charge is 2.27. The quantitative estimate of drug-likeness (QED) is 0.456. The van der Waals surface area contributed by atoms with Crippen molar-refractivity contribution >= 4 is 0 Å². The van der Waals surface area contributed by atoms with Gasteiger partial charge in [-0.15, -0.1) is 0 Å². The van der Waals surface area contributed by atoms with Gasteiger partial charge in [0.25, 0.3) is 0 Å². The summed E-state index contributed by atoms with van der Waals surface area (Å²) in [6, 6.07) is 7.82. The van der Waals surface area contributed by atoms with Crippen LogP contribution < -0.4 is 11.3 Å². The zero-order chi connectivity index (χ0) is 14.3. The molecule has 0 aliphatic carbocycles. The Morgan fingerprint density at radius 2 is 2.11 bits per heavy atom. The van der Waals surface area contributed by atoms with Gasteiger partial charge in [0.2, 0.25) is 0 Å². The van der Waals surface area contributed by atoms with Crippen molar-refractivity contribution in [2.45, 2.75) is 32.0 Å². The van der Waals surface area contributed by atoms with Gasteiger partial charge in [0.15, 0.2) is 0 Å². The summed E-state index contributed by atoms with van der Waals surface area (Å²) in [5, 5.41) is 0. The molecule has 0 radical (unpaired) electrons. The van der Waals surface area contributed by atoms with Crippen LogP contribution in [0.4, 0.5) is 13.2 Å². The zero-order valence-electron chi connectivity index (χ0n) is 10.8. The maximum atomic E-state index is 11.9. The van der Waals surface area contributed by atoms with Crippen LogP contribution in [0.15, 0.2) is 24.3 Å². The molecule has 1 aromatic carbocycles. The molecule has 1 unspecified atom stereocenters. The second-order valence-corrected chi connectivity index (χ2v) is 4.51. The maximum Gasteiger partial charge on any atom is 0.411 e. The second kappa shape index (κ2) is 7.47. The number of hydrazine groups is 1. The average Bonchev–Trinajstić information content (AvgIpc) is 2.32. The van der Waals surface area contributed by atoms with E-state index in [1.54, 1.807) is 0 Å². The van der Waals surface area contributed by atoms with Gasteiger partial charge in [0.1, 0.15) is 6.61 Å². The predicted octanol–water partition coefficient (Wildman–Crippen LogP) is 2.34. The van der Waals surface area contributed by atoms with E-state index in [4.69, 9.17) is 5.84 Å². The number of ether oxygens (including phenoxy) is 1. The fraction of sp³-hybridized carbons (Fsp3) is 0.538. The van der Waals surface area contributed by atoms with Crippen LogP contribution in [0.25, 0.3) is 0 Å². The maximum absolute atomic E-state index is 11.9. The van der Waals surface area contributed by atoms with Crippen LogP contribution in [0, 0.1) is 6.92 Å². The summed E-state index contributed by atoms with van der Waals surface area (Å²) in [4.78, 5) is 0. The van der Waals surface area contributed by atoms with Crippen LogP contribution >= 0.6 is 0 Å². The molecule has 0 saturated carbocycles. The van der Waals surface area contributed by atoms with E-state index in [0.29, 0.717) is 12.8 Å². The van der Waals surface area contributed by atoms with Gasteiger partial charge < -0.3 is 4.74 Å². The van der Waals surface area contributed by atoms with Crippen molar-refractivity contribution in [3.63, 3.8) is 0 Å². The molecule has 0 heterocycles. The highest BCUT2D eigenvalue weighted by atomic mass is 19.4. The van der Waals surface area contributed by atoms with E-state index in [1.165, 1.54) is 0 Å². The van der Waals surface area contributed by atoms with Crippen molar-refractivity contribution in [2.75, 3.05) is 13.2 Å². The van der Waals surface area contributed by atoms with Crippen LogP contribution in [0.5, 0.6) is 0 Å². The molecular formula is C13H19F3N2O. The smallest absolute Gasteiger partial charge is 0.372 e. The third kappa shape index (κ3) is 7.15. The normalized spacial score (nSPS) is 13.5. The minimum atomic E-state index is -4.28. The van der Waals surface area contributed by atoms with Gasteiger partial charge in [-0.1, -0.05) is 29.8 Å². The summed E-state index contributed by atoms with van der Waals surface area (Å²) in [6.45, 7) is 0.801. The molecular weight excluding hydrogens is 257 g/mol. The first-order valence-corrected chi connectivity index (χ1v) is 6.07. The van der Waals surface area contributed by atoms with Crippen molar-refractivity contribution in [2.24, 2.45) is 5.84 Å². The Labute approximate surface area is 110 Å². The lowest BCUT2D eigenvalue weighted by Gasteiger charge is -2.16. The molecule has 19 heavy (non-hydrogen) atoms. The third-order valence-electron chi connectivity index (χ3n) is 2.68. The van der Waals surface area contributed by atoms with Gasteiger partial charge in [-0.3, -0.25) is 11.3 Å². The van der Waals surface area contributed by atoms with Gasteiger partial charge in [-0.05, 0) is 25.3 Å². The average molecular weight is 276 g/mol. The summed E-state index contributed by atoms with van der Waals surface area (Å²) in [5.41, 5.74) is 4.84. The minimum Gasteiger partial charge on any atom is -0.372 e. The fourth-order valence-electron chi connectivity index (χ4n) is 1.78. The van der Waals surface area contributed by atoms with E-state index < -0.39 is 12.8 Å². The van der Waals surface area contributed by atoms with Crippen molar-refractivity contribution < 1.29 is 17.9 Å². The summed E-state index contributed by atoms with van der Waals surface area (Å²) in [6.07, 6.45) is -3.18. The van der Waals surface area contributed by atoms with Gasteiger partial charge in [-0.25, -0.2) is 0 Å². The van der Waals surface area contributed by atoms with E-state index >= 15 is 0 Å².